The van der Waals surface area contributed by atoms with Crippen LogP contribution in [0.2, 0.25) is 0 Å². The molecular formula is C12H19NO2S. The van der Waals surface area contributed by atoms with E-state index in [0.717, 1.165) is 10.6 Å². The number of carboxylic acids is 1. The lowest BCUT2D eigenvalue weighted by atomic mass is 9.93. The van der Waals surface area contributed by atoms with Crippen molar-refractivity contribution >= 4 is 17.3 Å². The summed E-state index contributed by atoms with van der Waals surface area (Å²) in [5.41, 5.74) is 0.0647. The summed E-state index contributed by atoms with van der Waals surface area (Å²) in [6.45, 7) is 11.7. The van der Waals surface area contributed by atoms with E-state index < -0.39 is 11.4 Å². The van der Waals surface area contributed by atoms with Crippen LogP contribution >= 0.6 is 11.3 Å². The Morgan fingerprint density at radius 2 is 1.75 bits per heavy atom. The third kappa shape index (κ3) is 2.26. The first kappa shape index (κ1) is 13.2. The summed E-state index contributed by atoms with van der Waals surface area (Å²) in [5, 5.41) is 9.85. The van der Waals surface area contributed by atoms with Crippen molar-refractivity contribution < 1.29 is 9.90 Å². The van der Waals surface area contributed by atoms with Crippen molar-refractivity contribution in [2.45, 2.75) is 52.4 Å². The Morgan fingerprint density at radius 1 is 1.25 bits per heavy atom. The molecule has 0 unspecified atom stereocenters. The van der Waals surface area contributed by atoms with Gasteiger partial charge in [-0.1, -0.05) is 20.8 Å². The van der Waals surface area contributed by atoms with Crippen LogP contribution in [-0.2, 0) is 15.6 Å². The molecule has 0 fully saturated rings. The van der Waals surface area contributed by atoms with Crippen LogP contribution in [0.5, 0.6) is 0 Å². The first-order valence-corrected chi connectivity index (χ1v) is 6.10. The van der Waals surface area contributed by atoms with E-state index in [1.165, 1.54) is 11.3 Å². The molecule has 0 radical (unpaired) electrons. The molecule has 0 aliphatic heterocycles. The van der Waals surface area contributed by atoms with Gasteiger partial charge in [0.25, 0.3) is 0 Å². The lowest BCUT2D eigenvalue weighted by molar-refractivity contribution is -0.142. The summed E-state index contributed by atoms with van der Waals surface area (Å²) in [4.78, 5) is 16.7. The average molecular weight is 241 g/mol. The molecule has 0 saturated heterocycles. The highest BCUT2D eigenvalue weighted by atomic mass is 32.1. The van der Waals surface area contributed by atoms with E-state index >= 15 is 0 Å². The maximum absolute atomic E-state index is 11.2. The zero-order valence-electron chi connectivity index (χ0n) is 10.7. The fraction of sp³-hybridized carbons (Fsp3) is 0.667. The number of hydrogen-bond acceptors (Lipinski definition) is 3. The Labute approximate surface area is 101 Å². The minimum atomic E-state index is -0.904. The first-order valence-electron chi connectivity index (χ1n) is 5.28. The fourth-order valence-corrected chi connectivity index (χ4v) is 2.67. The molecule has 3 nitrogen and oxygen atoms in total. The predicted octanol–water partition coefficient (Wildman–Crippen LogP) is 3.11. The molecule has 90 valence electrons. The number of thiazole rings is 1. The molecular weight excluding hydrogens is 222 g/mol. The normalized spacial score (nSPS) is 12.9. The fourth-order valence-electron chi connectivity index (χ4n) is 1.45. The molecule has 0 aromatic carbocycles. The number of carbonyl (C=O) groups is 1. The van der Waals surface area contributed by atoms with Crippen molar-refractivity contribution in [3.05, 3.63) is 15.6 Å². The second kappa shape index (κ2) is 3.84. The zero-order chi connectivity index (χ0) is 12.7. The summed E-state index contributed by atoms with van der Waals surface area (Å²) < 4.78 is 0. The summed E-state index contributed by atoms with van der Waals surface area (Å²) >= 11 is 1.51. The molecule has 0 amide bonds. The Kier molecular flexibility index (Phi) is 3.16. The van der Waals surface area contributed by atoms with Gasteiger partial charge in [0.1, 0.15) is 10.4 Å². The highest BCUT2D eigenvalue weighted by Gasteiger charge is 2.34. The van der Waals surface area contributed by atoms with Crippen LogP contribution in [-0.4, -0.2) is 16.1 Å². The molecule has 1 aromatic heterocycles. The van der Waals surface area contributed by atoms with Crippen LogP contribution in [0.25, 0.3) is 0 Å². The summed E-state index contributed by atoms with van der Waals surface area (Å²) in [6.07, 6.45) is 0. The lowest BCUT2D eigenvalue weighted by Gasteiger charge is -2.17. The smallest absolute Gasteiger partial charge is 0.316 e. The number of rotatable bonds is 2. The SMILES string of the molecule is Cc1nc(C(C)(C)C(=O)O)sc1C(C)(C)C. The van der Waals surface area contributed by atoms with E-state index in [4.69, 9.17) is 5.11 Å². The molecule has 0 bridgehead atoms. The van der Waals surface area contributed by atoms with Gasteiger partial charge in [0.15, 0.2) is 0 Å². The van der Waals surface area contributed by atoms with Crippen LogP contribution in [0.15, 0.2) is 0 Å². The topological polar surface area (TPSA) is 50.2 Å². The molecule has 0 atom stereocenters. The Bertz CT molecular complexity index is 413. The summed E-state index contributed by atoms with van der Waals surface area (Å²) in [7, 11) is 0. The number of aryl methyl sites for hydroxylation is 1. The van der Waals surface area contributed by atoms with Gasteiger partial charge in [-0.2, -0.15) is 0 Å². The third-order valence-electron chi connectivity index (χ3n) is 2.55. The van der Waals surface area contributed by atoms with E-state index in [9.17, 15) is 4.79 Å². The highest BCUT2D eigenvalue weighted by molar-refractivity contribution is 7.12. The summed E-state index contributed by atoms with van der Waals surface area (Å²) in [5.74, 6) is -0.832. The van der Waals surface area contributed by atoms with Gasteiger partial charge in [-0.3, -0.25) is 4.79 Å². The number of carboxylic acid groups (broad SMARTS) is 1. The molecule has 1 aromatic rings. The van der Waals surface area contributed by atoms with Crippen molar-refractivity contribution in [2.24, 2.45) is 0 Å². The van der Waals surface area contributed by atoms with Gasteiger partial charge in [0, 0.05) is 4.88 Å². The van der Waals surface area contributed by atoms with Gasteiger partial charge in [-0.05, 0) is 26.2 Å². The van der Waals surface area contributed by atoms with Gasteiger partial charge in [-0.25, -0.2) is 4.98 Å². The maximum Gasteiger partial charge on any atom is 0.316 e. The molecule has 1 rings (SSSR count). The number of hydrogen-bond donors (Lipinski definition) is 1. The van der Waals surface area contributed by atoms with Crippen molar-refractivity contribution in [2.75, 3.05) is 0 Å². The van der Waals surface area contributed by atoms with Gasteiger partial charge < -0.3 is 5.11 Å². The number of aliphatic carboxylic acids is 1. The highest BCUT2D eigenvalue weighted by Crippen LogP contribution is 2.36. The first-order chi connectivity index (χ1) is 7.06. The third-order valence-corrected chi connectivity index (χ3v) is 4.45. The van der Waals surface area contributed by atoms with Crippen molar-refractivity contribution in [3.63, 3.8) is 0 Å². The van der Waals surface area contributed by atoms with Gasteiger partial charge >= 0.3 is 5.97 Å². The largest absolute Gasteiger partial charge is 0.481 e. The number of aromatic nitrogens is 1. The standard InChI is InChI=1S/C12H19NO2S/c1-7-8(11(2,3)4)16-9(13-7)12(5,6)10(14)15/h1-6H3,(H,14,15). The lowest BCUT2D eigenvalue weighted by Crippen LogP contribution is -2.28. The molecule has 16 heavy (non-hydrogen) atoms. The van der Waals surface area contributed by atoms with Crippen molar-refractivity contribution in [1.29, 1.82) is 0 Å². The molecule has 1 heterocycles. The van der Waals surface area contributed by atoms with Crippen LogP contribution in [0.4, 0.5) is 0 Å². The van der Waals surface area contributed by atoms with Crippen LogP contribution in [0.1, 0.15) is 50.2 Å². The Hall–Kier alpha value is -0.900. The minimum Gasteiger partial charge on any atom is -0.481 e. The molecule has 0 spiro atoms. The quantitative estimate of drug-likeness (QED) is 0.865. The molecule has 0 aliphatic carbocycles. The van der Waals surface area contributed by atoms with E-state index in [-0.39, 0.29) is 5.41 Å². The Balaban J connectivity index is 3.26. The van der Waals surface area contributed by atoms with E-state index in [1.807, 2.05) is 6.92 Å². The maximum atomic E-state index is 11.2. The molecule has 0 aliphatic rings. The molecule has 0 saturated carbocycles. The van der Waals surface area contributed by atoms with Gasteiger partial charge in [0.05, 0.1) is 5.69 Å². The monoisotopic (exact) mass is 241 g/mol. The van der Waals surface area contributed by atoms with Gasteiger partial charge in [0.2, 0.25) is 0 Å². The van der Waals surface area contributed by atoms with Crippen LogP contribution in [0, 0.1) is 6.92 Å². The van der Waals surface area contributed by atoms with E-state index in [1.54, 1.807) is 13.8 Å². The zero-order valence-corrected chi connectivity index (χ0v) is 11.5. The van der Waals surface area contributed by atoms with E-state index in [2.05, 4.69) is 25.8 Å². The van der Waals surface area contributed by atoms with Crippen LogP contribution in [0.3, 0.4) is 0 Å². The molecule has 1 N–H and O–H groups in total. The molecule has 4 heteroatoms. The van der Waals surface area contributed by atoms with Crippen LogP contribution < -0.4 is 0 Å². The van der Waals surface area contributed by atoms with Gasteiger partial charge in [-0.15, -0.1) is 11.3 Å². The predicted molar refractivity (Wildman–Crippen MR) is 66.2 cm³/mol. The van der Waals surface area contributed by atoms with E-state index in [0.29, 0.717) is 5.01 Å². The van der Waals surface area contributed by atoms with Crippen molar-refractivity contribution in [1.82, 2.24) is 4.98 Å². The second-order valence-electron chi connectivity index (χ2n) is 5.61. The summed E-state index contributed by atoms with van der Waals surface area (Å²) in [6, 6.07) is 0. The van der Waals surface area contributed by atoms with Crippen molar-refractivity contribution in [3.8, 4) is 0 Å². The second-order valence-corrected chi connectivity index (χ2v) is 6.61. The Morgan fingerprint density at radius 3 is 2.06 bits per heavy atom. The minimum absolute atomic E-state index is 0.0224. The number of nitrogens with zero attached hydrogens (tertiary/aromatic N) is 1. The average Bonchev–Trinajstić information content (AvgIpc) is 2.46.